The van der Waals surface area contributed by atoms with Crippen LogP contribution in [0.4, 0.5) is 0 Å². The lowest BCUT2D eigenvalue weighted by Gasteiger charge is -2.15. The Labute approximate surface area is 79.7 Å². The van der Waals surface area contributed by atoms with E-state index in [1.807, 2.05) is 56.3 Å². The van der Waals surface area contributed by atoms with E-state index in [-0.39, 0.29) is 5.92 Å². The molecule has 0 radical (unpaired) electrons. The fourth-order valence-corrected chi connectivity index (χ4v) is 1.36. The molecule has 0 aliphatic heterocycles. The predicted octanol–water partition coefficient (Wildman–Crippen LogP) is 2.93. The molecule has 0 spiro atoms. The molecule has 1 heteroatoms. The van der Waals surface area contributed by atoms with Crippen molar-refractivity contribution in [1.29, 1.82) is 0 Å². The van der Waals surface area contributed by atoms with Crippen LogP contribution < -0.4 is 0 Å². The summed E-state index contributed by atoms with van der Waals surface area (Å²) in [6.45, 7) is 3.98. The Morgan fingerprint density at radius 2 is 1.85 bits per heavy atom. The van der Waals surface area contributed by atoms with Crippen molar-refractivity contribution in [2.45, 2.75) is 20.0 Å². The molecule has 1 nitrogen and oxygen atoms in total. The SMILES string of the molecule is C/C=C/[C@@H](C)[C@@H](O)c1ccccc1. The summed E-state index contributed by atoms with van der Waals surface area (Å²) in [6.07, 6.45) is 3.59. The van der Waals surface area contributed by atoms with E-state index in [1.54, 1.807) is 0 Å². The zero-order valence-electron chi connectivity index (χ0n) is 8.14. The van der Waals surface area contributed by atoms with Crippen LogP contribution in [0.3, 0.4) is 0 Å². The molecule has 0 amide bonds. The van der Waals surface area contributed by atoms with Crippen LogP contribution in [0.1, 0.15) is 25.5 Å². The highest BCUT2D eigenvalue weighted by Gasteiger charge is 2.12. The van der Waals surface area contributed by atoms with E-state index in [2.05, 4.69) is 0 Å². The van der Waals surface area contributed by atoms with E-state index < -0.39 is 6.10 Å². The average Bonchev–Trinajstić information content (AvgIpc) is 2.18. The molecule has 0 unspecified atom stereocenters. The fourth-order valence-electron chi connectivity index (χ4n) is 1.36. The van der Waals surface area contributed by atoms with Crippen molar-refractivity contribution in [3.8, 4) is 0 Å². The maximum absolute atomic E-state index is 9.87. The molecule has 0 aliphatic rings. The Morgan fingerprint density at radius 1 is 1.23 bits per heavy atom. The first-order chi connectivity index (χ1) is 6.25. The summed E-state index contributed by atoms with van der Waals surface area (Å²) >= 11 is 0. The highest BCUT2D eigenvalue weighted by Crippen LogP contribution is 2.21. The Hall–Kier alpha value is -1.08. The van der Waals surface area contributed by atoms with Crippen molar-refractivity contribution in [3.63, 3.8) is 0 Å². The second kappa shape index (κ2) is 4.83. The summed E-state index contributed by atoms with van der Waals surface area (Å²) in [6, 6.07) is 9.74. The third kappa shape index (κ3) is 2.71. The molecule has 1 aromatic rings. The third-order valence-corrected chi connectivity index (χ3v) is 2.14. The highest BCUT2D eigenvalue weighted by molar-refractivity contribution is 5.18. The molecular formula is C12H16O. The van der Waals surface area contributed by atoms with Crippen LogP contribution in [-0.4, -0.2) is 5.11 Å². The quantitative estimate of drug-likeness (QED) is 0.702. The van der Waals surface area contributed by atoms with Crippen molar-refractivity contribution < 1.29 is 5.11 Å². The van der Waals surface area contributed by atoms with E-state index >= 15 is 0 Å². The summed E-state index contributed by atoms with van der Waals surface area (Å²) in [5.74, 6) is 0.174. The third-order valence-electron chi connectivity index (χ3n) is 2.14. The second-order valence-corrected chi connectivity index (χ2v) is 3.24. The first kappa shape index (κ1) is 10.0. The molecule has 0 aliphatic carbocycles. The summed E-state index contributed by atoms with van der Waals surface area (Å²) in [5.41, 5.74) is 0.980. The van der Waals surface area contributed by atoms with Crippen LogP contribution in [0, 0.1) is 5.92 Å². The number of benzene rings is 1. The van der Waals surface area contributed by atoms with E-state index in [9.17, 15) is 5.11 Å². The van der Waals surface area contributed by atoms with Crippen LogP contribution in [0.5, 0.6) is 0 Å². The normalized spacial score (nSPS) is 15.9. The Bertz CT molecular complexity index is 264. The molecule has 1 N–H and O–H groups in total. The number of hydrogen-bond acceptors (Lipinski definition) is 1. The summed E-state index contributed by atoms with van der Waals surface area (Å²) < 4.78 is 0. The molecule has 70 valence electrons. The topological polar surface area (TPSA) is 20.2 Å². The molecule has 0 aromatic heterocycles. The zero-order valence-corrected chi connectivity index (χ0v) is 8.14. The summed E-state index contributed by atoms with van der Waals surface area (Å²) in [5, 5.41) is 9.87. The van der Waals surface area contributed by atoms with Gasteiger partial charge >= 0.3 is 0 Å². The van der Waals surface area contributed by atoms with Crippen LogP contribution >= 0.6 is 0 Å². The van der Waals surface area contributed by atoms with E-state index in [0.29, 0.717) is 0 Å². The maximum Gasteiger partial charge on any atom is 0.0849 e. The molecule has 0 fully saturated rings. The number of aliphatic hydroxyl groups is 1. The average molecular weight is 176 g/mol. The van der Waals surface area contributed by atoms with Crippen LogP contribution in [0.25, 0.3) is 0 Å². The summed E-state index contributed by atoms with van der Waals surface area (Å²) in [4.78, 5) is 0. The largest absolute Gasteiger partial charge is 0.388 e. The highest BCUT2D eigenvalue weighted by atomic mass is 16.3. The number of rotatable bonds is 3. The van der Waals surface area contributed by atoms with Gasteiger partial charge in [0.15, 0.2) is 0 Å². The van der Waals surface area contributed by atoms with E-state index in [4.69, 9.17) is 0 Å². The van der Waals surface area contributed by atoms with Gasteiger partial charge in [-0.2, -0.15) is 0 Å². The Balaban J connectivity index is 2.73. The van der Waals surface area contributed by atoms with Gasteiger partial charge < -0.3 is 5.11 Å². The first-order valence-corrected chi connectivity index (χ1v) is 4.61. The number of hydrogen-bond donors (Lipinski definition) is 1. The van der Waals surface area contributed by atoms with Gasteiger partial charge in [0.2, 0.25) is 0 Å². The van der Waals surface area contributed by atoms with Crippen LogP contribution in [0.2, 0.25) is 0 Å². The van der Waals surface area contributed by atoms with Crippen LogP contribution in [0.15, 0.2) is 42.5 Å². The van der Waals surface area contributed by atoms with Gasteiger partial charge in [-0.15, -0.1) is 0 Å². The molecular weight excluding hydrogens is 160 g/mol. The minimum absolute atomic E-state index is 0.174. The van der Waals surface area contributed by atoms with Crippen molar-refractivity contribution in [2.75, 3.05) is 0 Å². The Kier molecular flexibility index (Phi) is 3.71. The fraction of sp³-hybridized carbons (Fsp3) is 0.333. The molecule has 1 rings (SSSR count). The van der Waals surface area contributed by atoms with Gasteiger partial charge in [-0.3, -0.25) is 0 Å². The molecule has 0 heterocycles. The molecule has 1 aromatic carbocycles. The maximum atomic E-state index is 9.87. The second-order valence-electron chi connectivity index (χ2n) is 3.24. The van der Waals surface area contributed by atoms with Gasteiger partial charge in [0.05, 0.1) is 6.10 Å². The molecule has 2 atom stereocenters. The van der Waals surface area contributed by atoms with Crippen molar-refractivity contribution in [3.05, 3.63) is 48.0 Å². The van der Waals surface area contributed by atoms with Crippen molar-refractivity contribution >= 4 is 0 Å². The lowest BCUT2D eigenvalue weighted by molar-refractivity contribution is 0.139. The van der Waals surface area contributed by atoms with Gasteiger partial charge in [-0.1, -0.05) is 49.4 Å². The Morgan fingerprint density at radius 3 is 2.38 bits per heavy atom. The van der Waals surface area contributed by atoms with Crippen molar-refractivity contribution in [1.82, 2.24) is 0 Å². The molecule has 0 saturated carbocycles. The number of aliphatic hydroxyl groups excluding tert-OH is 1. The monoisotopic (exact) mass is 176 g/mol. The summed E-state index contributed by atoms with van der Waals surface area (Å²) in [7, 11) is 0. The van der Waals surface area contributed by atoms with Crippen molar-refractivity contribution in [2.24, 2.45) is 5.92 Å². The van der Waals surface area contributed by atoms with Gasteiger partial charge in [-0.25, -0.2) is 0 Å². The molecule has 0 saturated heterocycles. The van der Waals surface area contributed by atoms with Gasteiger partial charge in [-0.05, 0) is 12.5 Å². The van der Waals surface area contributed by atoms with E-state index in [0.717, 1.165) is 5.56 Å². The lowest BCUT2D eigenvalue weighted by Crippen LogP contribution is -2.06. The van der Waals surface area contributed by atoms with Gasteiger partial charge in [0.25, 0.3) is 0 Å². The molecule has 0 bridgehead atoms. The van der Waals surface area contributed by atoms with Gasteiger partial charge in [0, 0.05) is 5.92 Å². The smallest absolute Gasteiger partial charge is 0.0849 e. The number of allylic oxidation sites excluding steroid dienone is 1. The predicted molar refractivity (Wildman–Crippen MR) is 55.4 cm³/mol. The zero-order chi connectivity index (χ0) is 9.68. The minimum atomic E-state index is -0.391. The standard InChI is InChI=1S/C12H16O/c1-3-7-10(2)12(13)11-8-5-4-6-9-11/h3-10,12-13H,1-2H3/b7-3+/t10-,12-/m1/s1. The lowest BCUT2D eigenvalue weighted by atomic mass is 9.97. The molecule has 13 heavy (non-hydrogen) atoms. The minimum Gasteiger partial charge on any atom is -0.388 e. The van der Waals surface area contributed by atoms with Gasteiger partial charge in [0.1, 0.15) is 0 Å². The van der Waals surface area contributed by atoms with Crippen LogP contribution in [-0.2, 0) is 0 Å². The first-order valence-electron chi connectivity index (χ1n) is 4.61. The van der Waals surface area contributed by atoms with E-state index in [1.165, 1.54) is 0 Å².